The second-order valence-electron chi connectivity index (χ2n) is 7.65. The molecule has 0 aliphatic heterocycles. The van der Waals surface area contributed by atoms with Gasteiger partial charge in [0, 0.05) is 6.54 Å². The quantitative estimate of drug-likeness (QED) is 0.250. The number of aromatic amines is 1. The number of hydrogen-bond acceptors (Lipinski definition) is 8. The summed E-state index contributed by atoms with van der Waals surface area (Å²) in [6.07, 6.45) is 1.97. The molecule has 4 aromatic rings. The second-order valence-corrected chi connectivity index (χ2v) is 9.03. The van der Waals surface area contributed by atoms with Crippen molar-refractivity contribution in [3.8, 4) is 16.5 Å². The number of thiazole rings is 1. The van der Waals surface area contributed by atoms with Crippen molar-refractivity contribution in [2.24, 2.45) is 0 Å². The standard InChI is InChI=1S/C23H24N6O3S2/c1-5-10-29-21(26-27-23(29)33)20-14(3)24-22(34-20)25-19(30)11-16-6-8-17(9-7-16)31-12-18-13(2)28-32-15(18)4/h5-9H,1,10-12H2,2-4H3,(H,27,33)(H,24,25,30). The van der Waals surface area contributed by atoms with Gasteiger partial charge in [0.2, 0.25) is 5.91 Å². The molecule has 11 heteroatoms. The smallest absolute Gasteiger partial charge is 0.230 e. The fraction of sp³-hybridized carbons (Fsp3) is 0.261. The van der Waals surface area contributed by atoms with E-state index in [-0.39, 0.29) is 12.3 Å². The summed E-state index contributed by atoms with van der Waals surface area (Å²) < 4.78 is 13.3. The van der Waals surface area contributed by atoms with Crippen molar-refractivity contribution in [1.29, 1.82) is 0 Å². The molecule has 3 aromatic heterocycles. The molecular formula is C23H24N6O3S2. The fourth-order valence-electron chi connectivity index (χ4n) is 3.36. The Morgan fingerprint density at radius 2 is 2.06 bits per heavy atom. The first-order valence-electron chi connectivity index (χ1n) is 10.5. The highest BCUT2D eigenvalue weighted by Gasteiger charge is 2.17. The van der Waals surface area contributed by atoms with Crippen LogP contribution in [0.3, 0.4) is 0 Å². The summed E-state index contributed by atoms with van der Waals surface area (Å²) in [5, 5.41) is 14.4. The minimum Gasteiger partial charge on any atom is -0.489 e. The number of anilines is 1. The molecule has 0 atom stereocenters. The number of benzene rings is 1. The van der Waals surface area contributed by atoms with Gasteiger partial charge in [0.05, 0.1) is 28.2 Å². The minimum atomic E-state index is -0.158. The predicted molar refractivity (Wildman–Crippen MR) is 133 cm³/mol. The van der Waals surface area contributed by atoms with Crippen molar-refractivity contribution in [2.45, 2.75) is 40.3 Å². The molecular weight excluding hydrogens is 472 g/mol. The molecule has 176 valence electrons. The molecule has 0 saturated carbocycles. The predicted octanol–water partition coefficient (Wildman–Crippen LogP) is 4.92. The van der Waals surface area contributed by atoms with Crippen LogP contribution < -0.4 is 10.1 Å². The van der Waals surface area contributed by atoms with Gasteiger partial charge in [-0.25, -0.2) is 4.98 Å². The van der Waals surface area contributed by atoms with Gasteiger partial charge in [-0.1, -0.05) is 34.7 Å². The number of nitrogens with one attached hydrogen (secondary N) is 2. The van der Waals surface area contributed by atoms with Crippen molar-refractivity contribution >= 4 is 34.6 Å². The zero-order chi connectivity index (χ0) is 24.2. The number of aromatic nitrogens is 5. The third kappa shape index (κ3) is 5.15. The van der Waals surface area contributed by atoms with Crippen LogP contribution in [0.1, 0.15) is 28.3 Å². The number of ether oxygens (including phenoxy) is 1. The van der Waals surface area contributed by atoms with E-state index < -0.39 is 0 Å². The number of hydrogen-bond donors (Lipinski definition) is 2. The number of carbonyl (C=O) groups excluding carboxylic acids is 1. The van der Waals surface area contributed by atoms with E-state index in [9.17, 15) is 4.79 Å². The Kier molecular flexibility index (Phi) is 7.03. The fourth-order valence-corrected chi connectivity index (χ4v) is 4.55. The van der Waals surface area contributed by atoms with Crippen molar-refractivity contribution in [2.75, 3.05) is 5.32 Å². The number of aryl methyl sites for hydroxylation is 3. The summed E-state index contributed by atoms with van der Waals surface area (Å²) in [5.41, 5.74) is 3.39. The zero-order valence-corrected chi connectivity index (χ0v) is 20.7. The number of H-pyrrole nitrogens is 1. The summed E-state index contributed by atoms with van der Waals surface area (Å²) in [5.74, 6) is 1.97. The van der Waals surface area contributed by atoms with E-state index in [4.69, 9.17) is 21.5 Å². The number of allylic oxidation sites excluding steroid dienone is 1. The molecule has 3 heterocycles. The third-order valence-electron chi connectivity index (χ3n) is 5.17. The lowest BCUT2D eigenvalue weighted by molar-refractivity contribution is -0.115. The molecule has 0 fully saturated rings. The first kappa shape index (κ1) is 23.6. The van der Waals surface area contributed by atoms with Crippen molar-refractivity contribution < 1.29 is 14.1 Å². The van der Waals surface area contributed by atoms with Gasteiger partial charge in [-0.15, -0.1) is 6.58 Å². The van der Waals surface area contributed by atoms with Gasteiger partial charge in [0.1, 0.15) is 18.1 Å². The topological polar surface area (TPSA) is 111 Å². The average Bonchev–Trinajstić information content (AvgIpc) is 3.45. The first-order valence-corrected chi connectivity index (χ1v) is 11.8. The highest BCUT2D eigenvalue weighted by Crippen LogP contribution is 2.31. The van der Waals surface area contributed by atoms with Crippen LogP contribution in [0.4, 0.5) is 5.13 Å². The van der Waals surface area contributed by atoms with Crippen LogP contribution in [0.25, 0.3) is 10.7 Å². The second kappa shape index (κ2) is 10.1. The SMILES string of the molecule is C=CCn1c(-c2sc(NC(=O)Cc3ccc(OCc4c(C)noc4C)cc3)nc2C)n[nH]c1=S. The van der Waals surface area contributed by atoms with E-state index >= 15 is 0 Å². The van der Waals surface area contributed by atoms with Crippen molar-refractivity contribution in [3.63, 3.8) is 0 Å². The highest BCUT2D eigenvalue weighted by atomic mass is 32.1. The molecule has 34 heavy (non-hydrogen) atoms. The first-order chi connectivity index (χ1) is 16.4. The van der Waals surface area contributed by atoms with Gasteiger partial charge in [0.15, 0.2) is 15.7 Å². The van der Waals surface area contributed by atoms with Crippen LogP contribution >= 0.6 is 23.6 Å². The van der Waals surface area contributed by atoms with Crippen LogP contribution in [-0.2, 0) is 24.4 Å². The monoisotopic (exact) mass is 496 g/mol. The van der Waals surface area contributed by atoms with Gasteiger partial charge in [-0.3, -0.25) is 14.5 Å². The molecule has 1 aromatic carbocycles. The van der Waals surface area contributed by atoms with Gasteiger partial charge in [0.25, 0.3) is 0 Å². The van der Waals surface area contributed by atoms with Crippen LogP contribution in [-0.4, -0.2) is 30.8 Å². The lowest BCUT2D eigenvalue weighted by atomic mass is 10.1. The van der Waals surface area contributed by atoms with E-state index in [1.807, 2.05) is 49.6 Å². The molecule has 0 saturated heterocycles. The maximum atomic E-state index is 12.6. The zero-order valence-electron chi connectivity index (χ0n) is 19.0. The molecule has 0 aliphatic rings. The van der Waals surface area contributed by atoms with Crippen LogP contribution in [0.5, 0.6) is 5.75 Å². The molecule has 0 unspecified atom stereocenters. The van der Waals surface area contributed by atoms with Gasteiger partial charge in [-0.05, 0) is 50.7 Å². The van der Waals surface area contributed by atoms with E-state index in [0.717, 1.165) is 33.2 Å². The Bertz CT molecular complexity index is 1360. The van der Waals surface area contributed by atoms with Crippen molar-refractivity contribution in [3.05, 3.63) is 70.0 Å². The lowest BCUT2D eigenvalue weighted by Gasteiger charge is -2.07. The number of amides is 1. The molecule has 4 rings (SSSR count). The highest BCUT2D eigenvalue weighted by molar-refractivity contribution is 7.71. The third-order valence-corrected chi connectivity index (χ3v) is 6.55. The molecule has 9 nitrogen and oxygen atoms in total. The molecule has 0 radical (unpaired) electrons. The molecule has 0 bridgehead atoms. The van der Waals surface area contributed by atoms with Gasteiger partial charge in [-0.2, -0.15) is 5.10 Å². The maximum absolute atomic E-state index is 12.6. The summed E-state index contributed by atoms with van der Waals surface area (Å²) in [6, 6.07) is 7.42. The van der Waals surface area contributed by atoms with Crippen molar-refractivity contribution in [1.82, 2.24) is 24.9 Å². The van der Waals surface area contributed by atoms with E-state index in [1.54, 1.807) is 6.08 Å². The maximum Gasteiger partial charge on any atom is 0.230 e. The largest absolute Gasteiger partial charge is 0.489 e. The minimum absolute atomic E-state index is 0.158. The molecule has 0 aliphatic carbocycles. The number of nitrogens with zero attached hydrogens (tertiary/aromatic N) is 4. The average molecular weight is 497 g/mol. The molecule has 2 N–H and O–H groups in total. The number of carbonyl (C=O) groups is 1. The summed E-state index contributed by atoms with van der Waals surface area (Å²) in [4.78, 5) is 17.9. The molecule has 0 spiro atoms. The van der Waals surface area contributed by atoms with E-state index in [0.29, 0.717) is 34.6 Å². The Morgan fingerprint density at radius 1 is 1.29 bits per heavy atom. The Labute approximate surface area is 205 Å². The number of rotatable bonds is 9. The molecule has 1 amide bonds. The Morgan fingerprint density at radius 3 is 2.74 bits per heavy atom. The van der Waals surface area contributed by atoms with Gasteiger partial charge < -0.3 is 14.6 Å². The van der Waals surface area contributed by atoms with Gasteiger partial charge >= 0.3 is 0 Å². The summed E-state index contributed by atoms with van der Waals surface area (Å²) in [6.45, 7) is 10.3. The van der Waals surface area contributed by atoms with Crippen LogP contribution in [0.2, 0.25) is 0 Å². The summed E-state index contributed by atoms with van der Waals surface area (Å²) in [7, 11) is 0. The van der Waals surface area contributed by atoms with Crippen LogP contribution in [0, 0.1) is 25.5 Å². The normalized spacial score (nSPS) is 10.9. The van der Waals surface area contributed by atoms with E-state index in [2.05, 4.69) is 32.2 Å². The van der Waals surface area contributed by atoms with E-state index in [1.165, 1.54) is 11.3 Å². The van der Waals surface area contributed by atoms with Crippen LogP contribution in [0.15, 0.2) is 41.4 Å². The summed E-state index contributed by atoms with van der Waals surface area (Å²) >= 11 is 6.64. The lowest BCUT2D eigenvalue weighted by Crippen LogP contribution is -2.14. The Hall–Kier alpha value is -3.57. The Balaban J connectivity index is 1.37.